The van der Waals surface area contributed by atoms with Gasteiger partial charge in [0.05, 0.1) is 25.3 Å². The van der Waals surface area contributed by atoms with Crippen LogP contribution in [0.2, 0.25) is 0 Å². The molecule has 0 radical (unpaired) electrons. The van der Waals surface area contributed by atoms with Crippen LogP contribution in [0.4, 0.5) is 17.6 Å². The van der Waals surface area contributed by atoms with Gasteiger partial charge in [-0.1, -0.05) is 30.2 Å². The van der Waals surface area contributed by atoms with Gasteiger partial charge in [-0.2, -0.15) is 13.2 Å². The summed E-state index contributed by atoms with van der Waals surface area (Å²) >= 11 is 0. The van der Waals surface area contributed by atoms with E-state index in [9.17, 15) is 17.6 Å². The number of benzene rings is 1. The zero-order valence-electron chi connectivity index (χ0n) is 18.3. The summed E-state index contributed by atoms with van der Waals surface area (Å²) in [6.07, 6.45) is 0.263. The van der Waals surface area contributed by atoms with Crippen molar-refractivity contribution in [3.05, 3.63) is 65.8 Å². The number of aliphatic imine (C=N–C) groups is 1. The van der Waals surface area contributed by atoms with Crippen LogP contribution in [0.25, 0.3) is 11.4 Å². The molecule has 0 N–H and O–H groups in total. The molecule has 0 saturated heterocycles. The Morgan fingerprint density at radius 1 is 1.15 bits per heavy atom. The molecule has 0 spiro atoms. The van der Waals surface area contributed by atoms with Gasteiger partial charge in [0.1, 0.15) is 5.82 Å². The Labute approximate surface area is 189 Å². The van der Waals surface area contributed by atoms with Gasteiger partial charge in [0.15, 0.2) is 11.5 Å². The van der Waals surface area contributed by atoms with E-state index in [1.807, 2.05) is 17.0 Å². The monoisotopic (exact) mass is 458 g/mol. The summed E-state index contributed by atoms with van der Waals surface area (Å²) in [6, 6.07) is 6.97. The molecule has 0 aliphatic carbocycles. The first kappa shape index (κ1) is 23.9. The number of hydrogen-bond donors (Lipinski definition) is 0. The lowest BCUT2D eigenvalue weighted by Crippen LogP contribution is -2.21. The highest BCUT2D eigenvalue weighted by atomic mass is 19.4. The topological polar surface area (TPSA) is 59.2 Å². The molecule has 0 aliphatic heterocycles. The second kappa shape index (κ2) is 10.3. The zero-order valence-corrected chi connectivity index (χ0v) is 18.3. The predicted molar refractivity (Wildman–Crippen MR) is 117 cm³/mol. The van der Waals surface area contributed by atoms with Gasteiger partial charge in [0, 0.05) is 31.4 Å². The van der Waals surface area contributed by atoms with Crippen molar-refractivity contribution in [2.24, 2.45) is 4.99 Å². The van der Waals surface area contributed by atoms with Gasteiger partial charge in [-0.15, -0.1) is 0 Å². The number of nitrogens with zero attached hydrogens (tertiary/aromatic N) is 6. The lowest BCUT2D eigenvalue weighted by molar-refractivity contribution is -0.140. The molecule has 172 valence electrons. The second-order valence-corrected chi connectivity index (χ2v) is 7.45. The summed E-state index contributed by atoms with van der Waals surface area (Å²) in [5.41, 5.74) is 0.591. The van der Waals surface area contributed by atoms with Crippen LogP contribution in [0.3, 0.4) is 0 Å². The van der Waals surface area contributed by atoms with Crippen LogP contribution < -0.4 is 0 Å². The van der Waals surface area contributed by atoms with Crippen molar-refractivity contribution in [1.29, 1.82) is 0 Å². The number of imidazole rings is 1. The van der Waals surface area contributed by atoms with Crippen molar-refractivity contribution in [3.8, 4) is 23.2 Å². The molecule has 2 heterocycles. The Balaban J connectivity index is 1.75. The highest BCUT2D eigenvalue weighted by Gasteiger charge is 2.35. The molecule has 3 rings (SSSR count). The van der Waals surface area contributed by atoms with Crippen molar-refractivity contribution in [1.82, 2.24) is 24.4 Å². The quantitative estimate of drug-likeness (QED) is 0.235. The lowest BCUT2D eigenvalue weighted by Gasteiger charge is -2.17. The van der Waals surface area contributed by atoms with E-state index in [1.54, 1.807) is 39.4 Å². The largest absolute Gasteiger partial charge is 0.434 e. The minimum atomic E-state index is -4.51. The Kier molecular flexibility index (Phi) is 7.43. The molecule has 0 saturated carbocycles. The summed E-state index contributed by atoms with van der Waals surface area (Å²) < 4.78 is 53.8. The molecule has 0 amide bonds. The third kappa shape index (κ3) is 6.38. The van der Waals surface area contributed by atoms with Crippen LogP contribution >= 0.6 is 0 Å². The average Bonchev–Trinajstić information content (AvgIpc) is 3.22. The SMILES string of the molecule is CN=CN(CC#Cc1ncc(F)cn1)Cc1ccc(-c2nc(C(F)(F)F)cn2C(C)C)cc1. The average molecular weight is 458 g/mol. The van der Waals surface area contributed by atoms with Gasteiger partial charge in [0.25, 0.3) is 0 Å². The van der Waals surface area contributed by atoms with E-state index < -0.39 is 17.7 Å². The van der Waals surface area contributed by atoms with Gasteiger partial charge < -0.3 is 9.47 Å². The first-order valence-electron chi connectivity index (χ1n) is 10.1. The summed E-state index contributed by atoms with van der Waals surface area (Å²) in [7, 11) is 1.64. The Morgan fingerprint density at radius 3 is 2.39 bits per heavy atom. The highest BCUT2D eigenvalue weighted by Crippen LogP contribution is 2.32. The number of alkyl halides is 3. The van der Waals surface area contributed by atoms with E-state index in [1.165, 1.54) is 4.57 Å². The molecule has 0 fully saturated rings. The Morgan fingerprint density at radius 2 is 1.82 bits per heavy atom. The summed E-state index contributed by atoms with van der Waals surface area (Å²) in [5.74, 6) is 5.63. The van der Waals surface area contributed by atoms with E-state index >= 15 is 0 Å². The van der Waals surface area contributed by atoms with Crippen LogP contribution in [0.1, 0.15) is 37.0 Å². The minimum absolute atomic E-state index is 0.178. The standard InChI is InChI=1S/C23H22F4N6/c1-16(2)33-14-20(23(25,26)27)31-22(33)18-8-6-17(7-9-18)13-32(15-28-3)10-4-5-21-29-11-19(24)12-30-21/h6-9,11-12,14-16H,10,13H2,1-3H3. The van der Waals surface area contributed by atoms with E-state index in [0.29, 0.717) is 18.7 Å². The maximum atomic E-state index is 13.1. The van der Waals surface area contributed by atoms with Crippen LogP contribution in [-0.4, -0.2) is 44.3 Å². The maximum Gasteiger partial charge on any atom is 0.434 e. The second-order valence-electron chi connectivity index (χ2n) is 7.45. The normalized spacial score (nSPS) is 11.6. The number of rotatable bonds is 6. The molecular formula is C23H22F4N6. The summed E-state index contributed by atoms with van der Waals surface area (Å²) in [6.45, 7) is 4.41. The third-order valence-electron chi connectivity index (χ3n) is 4.56. The zero-order chi connectivity index (χ0) is 24.0. The van der Waals surface area contributed by atoms with Crippen LogP contribution in [0.15, 0.2) is 47.8 Å². The molecule has 0 atom stereocenters. The van der Waals surface area contributed by atoms with Crippen LogP contribution in [0.5, 0.6) is 0 Å². The van der Waals surface area contributed by atoms with Gasteiger partial charge >= 0.3 is 6.18 Å². The third-order valence-corrected chi connectivity index (χ3v) is 4.56. The number of aromatic nitrogens is 4. The molecule has 33 heavy (non-hydrogen) atoms. The maximum absolute atomic E-state index is 13.1. The minimum Gasteiger partial charge on any atom is -0.347 e. The van der Waals surface area contributed by atoms with Crippen molar-refractivity contribution >= 4 is 6.34 Å². The van der Waals surface area contributed by atoms with Crippen molar-refractivity contribution in [2.75, 3.05) is 13.6 Å². The molecule has 0 unspecified atom stereocenters. The van der Waals surface area contributed by atoms with Crippen molar-refractivity contribution < 1.29 is 17.6 Å². The Hall–Kier alpha value is -3.74. The molecule has 10 heteroatoms. The fraction of sp³-hybridized carbons (Fsp3) is 0.304. The molecule has 6 nitrogen and oxygen atoms in total. The van der Waals surface area contributed by atoms with Crippen molar-refractivity contribution in [3.63, 3.8) is 0 Å². The van der Waals surface area contributed by atoms with Gasteiger partial charge in [-0.25, -0.2) is 19.3 Å². The number of hydrogen-bond acceptors (Lipinski definition) is 4. The Bertz CT molecular complexity index is 1150. The van der Waals surface area contributed by atoms with Gasteiger partial charge in [0.2, 0.25) is 5.82 Å². The molecular weight excluding hydrogens is 436 g/mol. The number of halogens is 4. The van der Waals surface area contributed by atoms with E-state index in [2.05, 4.69) is 31.8 Å². The fourth-order valence-corrected chi connectivity index (χ4v) is 3.03. The van der Waals surface area contributed by atoms with Crippen LogP contribution in [0, 0.1) is 17.7 Å². The molecule has 0 bridgehead atoms. The van der Waals surface area contributed by atoms with E-state index in [0.717, 1.165) is 24.2 Å². The van der Waals surface area contributed by atoms with Crippen LogP contribution in [-0.2, 0) is 12.7 Å². The fourth-order valence-electron chi connectivity index (χ4n) is 3.03. The first-order chi connectivity index (χ1) is 15.7. The van der Waals surface area contributed by atoms with Gasteiger partial charge in [-0.3, -0.25) is 4.99 Å². The van der Waals surface area contributed by atoms with Gasteiger partial charge in [-0.05, 0) is 25.3 Å². The highest BCUT2D eigenvalue weighted by molar-refractivity contribution is 5.58. The molecule has 1 aromatic carbocycles. The summed E-state index contributed by atoms with van der Waals surface area (Å²) in [4.78, 5) is 17.3. The lowest BCUT2D eigenvalue weighted by atomic mass is 10.1. The molecule has 2 aromatic heterocycles. The molecule has 3 aromatic rings. The smallest absolute Gasteiger partial charge is 0.347 e. The van der Waals surface area contributed by atoms with E-state index in [4.69, 9.17) is 0 Å². The van der Waals surface area contributed by atoms with E-state index in [-0.39, 0.29) is 17.7 Å². The molecule has 0 aliphatic rings. The summed E-state index contributed by atoms with van der Waals surface area (Å²) in [5, 5.41) is 0. The first-order valence-corrected chi connectivity index (χ1v) is 10.1. The van der Waals surface area contributed by atoms with Crippen molar-refractivity contribution in [2.45, 2.75) is 32.6 Å². The predicted octanol–water partition coefficient (Wildman–Crippen LogP) is 4.59.